The molecule has 0 saturated carbocycles. The highest BCUT2D eigenvalue weighted by Crippen LogP contribution is 2.12. The van der Waals surface area contributed by atoms with Crippen LogP contribution in [-0.4, -0.2) is 31.1 Å². The summed E-state index contributed by atoms with van der Waals surface area (Å²) in [5, 5.41) is 12.1. The molecule has 2 aromatic heterocycles. The summed E-state index contributed by atoms with van der Waals surface area (Å²) in [4.78, 5) is 53.6. The molecule has 2 heterocycles. The predicted octanol–water partition coefficient (Wildman–Crippen LogP) is 1.97. The fourth-order valence-corrected chi connectivity index (χ4v) is 3.69. The lowest BCUT2D eigenvalue weighted by Crippen LogP contribution is -2.39. The largest absolute Gasteiger partial charge is 0.478 e. The van der Waals surface area contributed by atoms with Gasteiger partial charge in [-0.25, -0.2) is 9.59 Å². The highest BCUT2D eigenvalue weighted by molar-refractivity contribution is 5.97. The SMILES string of the molecule is Cn1c(=O)n(CCc2ccc(C(=O)O)cc2)c(=O)c2cc(C(=O)NCc3ccncc3)ccc21. The quantitative estimate of drug-likeness (QED) is 0.436. The van der Waals surface area contributed by atoms with Crippen molar-refractivity contribution < 1.29 is 14.7 Å². The zero-order valence-corrected chi connectivity index (χ0v) is 18.4. The fourth-order valence-electron chi connectivity index (χ4n) is 3.69. The lowest BCUT2D eigenvalue weighted by Gasteiger charge is -2.12. The number of aromatic carboxylic acids is 1. The number of aryl methyl sites for hydroxylation is 2. The van der Waals surface area contributed by atoms with Gasteiger partial charge in [-0.05, 0) is 60.0 Å². The van der Waals surface area contributed by atoms with Crippen LogP contribution in [0.3, 0.4) is 0 Å². The summed E-state index contributed by atoms with van der Waals surface area (Å²) in [6.07, 6.45) is 3.65. The van der Waals surface area contributed by atoms with E-state index in [9.17, 15) is 19.2 Å². The Bertz CT molecular complexity index is 1490. The first-order valence-electron chi connectivity index (χ1n) is 10.6. The molecule has 9 nitrogen and oxygen atoms in total. The van der Waals surface area contributed by atoms with Gasteiger partial charge in [0.2, 0.25) is 0 Å². The van der Waals surface area contributed by atoms with E-state index in [0.717, 1.165) is 15.7 Å². The van der Waals surface area contributed by atoms with Gasteiger partial charge in [0.1, 0.15) is 0 Å². The number of rotatable bonds is 7. The normalized spacial score (nSPS) is 10.9. The third-order valence-corrected chi connectivity index (χ3v) is 5.64. The molecule has 1 amide bonds. The van der Waals surface area contributed by atoms with Crippen LogP contribution in [0.15, 0.2) is 76.6 Å². The summed E-state index contributed by atoms with van der Waals surface area (Å²) in [7, 11) is 1.57. The molecule has 0 unspecified atom stereocenters. The Labute approximate surface area is 193 Å². The van der Waals surface area contributed by atoms with Gasteiger partial charge >= 0.3 is 11.7 Å². The molecular formula is C25H22N4O5. The second-order valence-corrected chi connectivity index (χ2v) is 7.82. The van der Waals surface area contributed by atoms with Crippen LogP contribution in [0.1, 0.15) is 31.8 Å². The van der Waals surface area contributed by atoms with Crippen LogP contribution in [-0.2, 0) is 26.6 Å². The first-order valence-corrected chi connectivity index (χ1v) is 10.6. The third-order valence-electron chi connectivity index (χ3n) is 5.64. The molecule has 34 heavy (non-hydrogen) atoms. The minimum atomic E-state index is -1.02. The molecule has 4 aromatic rings. The topological polar surface area (TPSA) is 123 Å². The van der Waals surface area contributed by atoms with Crippen molar-refractivity contribution >= 4 is 22.8 Å². The molecule has 0 radical (unpaired) electrons. The van der Waals surface area contributed by atoms with Crippen LogP contribution >= 0.6 is 0 Å². The summed E-state index contributed by atoms with van der Waals surface area (Å²) >= 11 is 0. The van der Waals surface area contributed by atoms with Crippen molar-refractivity contribution in [2.45, 2.75) is 19.5 Å². The van der Waals surface area contributed by atoms with E-state index in [1.165, 1.54) is 22.8 Å². The van der Waals surface area contributed by atoms with Crippen LogP contribution in [0.4, 0.5) is 0 Å². The molecular weight excluding hydrogens is 436 g/mol. The van der Waals surface area contributed by atoms with Gasteiger partial charge in [0, 0.05) is 38.1 Å². The number of benzene rings is 2. The van der Waals surface area contributed by atoms with Crippen LogP contribution in [0.25, 0.3) is 10.9 Å². The Hall–Kier alpha value is -4.53. The van der Waals surface area contributed by atoms with Crippen molar-refractivity contribution in [2.24, 2.45) is 7.05 Å². The zero-order chi connectivity index (χ0) is 24.2. The van der Waals surface area contributed by atoms with E-state index in [1.54, 1.807) is 55.8 Å². The number of fused-ring (bicyclic) bond motifs is 1. The second-order valence-electron chi connectivity index (χ2n) is 7.82. The summed E-state index contributed by atoms with van der Waals surface area (Å²) < 4.78 is 2.51. The maximum atomic E-state index is 13.2. The molecule has 0 aliphatic heterocycles. The van der Waals surface area contributed by atoms with Crippen molar-refractivity contribution in [3.05, 3.63) is 110 Å². The number of pyridine rings is 1. The molecule has 2 aromatic carbocycles. The Kier molecular flexibility index (Phi) is 6.35. The smallest absolute Gasteiger partial charge is 0.335 e. The number of hydrogen-bond donors (Lipinski definition) is 2. The minimum absolute atomic E-state index is 0.117. The van der Waals surface area contributed by atoms with Crippen molar-refractivity contribution in [3.63, 3.8) is 0 Å². The van der Waals surface area contributed by atoms with Crippen LogP contribution in [0, 0.1) is 0 Å². The number of aromatic nitrogens is 3. The van der Waals surface area contributed by atoms with Gasteiger partial charge in [0.25, 0.3) is 11.5 Å². The van der Waals surface area contributed by atoms with Crippen molar-refractivity contribution in [1.29, 1.82) is 0 Å². The number of carbonyl (C=O) groups is 2. The van der Waals surface area contributed by atoms with Gasteiger partial charge in [-0.2, -0.15) is 0 Å². The molecule has 0 saturated heterocycles. The first-order chi connectivity index (χ1) is 16.3. The summed E-state index contributed by atoms with van der Waals surface area (Å²) in [6, 6.07) is 14.5. The van der Waals surface area contributed by atoms with Gasteiger partial charge in [-0.15, -0.1) is 0 Å². The molecule has 4 rings (SSSR count). The number of hydrogen-bond acceptors (Lipinski definition) is 5. The number of carboxylic acid groups (broad SMARTS) is 1. The summed E-state index contributed by atoms with van der Waals surface area (Å²) in [5.41, 5.74) is 1.65. The van der Waals surface area contributed by atoms with Gasteiger partial charge in [-0.1, -0.05) is 12.1 Å². The standard InChI is InChI=1S/C25H22N4O5/c1-28-21-7-6-19(22(30)27-15-17-8-11-26-12-9-17)14-20(21)23(31)29(25(28)34)13-10-16-2-4-18(5-3-16)24(32)33/h2-9,11-12,14H,10,13,15H2,1H3,(H,27,30)(H,32,33). The number of nitrogens with one attached hydrogen (secondary N) is 1. The molecule has 172 valence electrons. The molecule has 0 atom stereocenters. The maximum Gasteiger partial charge on any atom is 0.335 e. The average molecular weight is 458 g/mol. The van der Waals surface area contributed by atoms with E-state index >= 15 is 0 Å². The first kappa shape index (κ1) is 22.7. The average Bonchev–Trinajstić information content (AvgIpc) is 2.86. The molecule has 0 fully saturated rings. The van der Waals surface area contributed by atoms with Crippen molar-refractivity contribution in [1.82, 2.24) is 19.4 Å². The van der Waals surface area contributed by atoms with Crippen LogP contribution < -0.4 is 16.6 Å². The van der Waals surface area contributed by atoms with Crippen molar-refractivity contribution in [3.8, 4) is 0 Å². The Morgan fingerprint density at radius 2 is 1.62 bits per heavy atom. The number of carboxylic acids is 1. The molecule has 9 heteroatoms. The van der Waals surface area contributed by atoms with E-state index in [2.05, 4.69) is 10.3 Å². The number of nitrogens with zero attached hydrogens (tertiary/aromatic N) is 3. The Balaban J connectivity index is 1.60. The van der Waals surface area contributed by atoms with E-state index in [0.29, 0.717) is 24.0 Å². The Morgan fingerprint density at radius 3 is 2.29 bits per heavy atom. The van der Waals surface area contributed by atoms with E-state index in [1.807, 2.05) is 0 Å². The minimum Gasteiger partial charge on any atom is -0.478 e. The monoisotopic (exact) mass is 458 g/mol. The van der Waals surface area contributed by atoms with Crippen molar-refractivity contribution in [2.75, 3.05) is 0 Å². The zero-order valence-electron chi connectivity index (χ0n) is 18.4. The highest BCUT2D eigenvalue weighted by Gasteiger charge is 2.14. The lowest BCUT2D eigenvalue weighted by atomic mass is 10.1. The van der Waals surface area contributed by atoms with Crippen LogP contribution in [0.2, 0.25) is 0 Å². The Morgan fingerprint density at radius 1 is 0.941 bits per heavy atom. The molecule has 2 N–H and O–H groups in total. The van der Waals surface area contributed by atoms with Gasteiger partial charge in [0.05, 0.1) is 16.5 Å². The second kappa shape index (κ2) is 9.53. The summed E-state index contributed by atoms with van der Waals surface area (Å²) in [5.74, 6) is -1.36. The maximum absolute atomic E-state index is 13.2. The van der Waals surface area contributed by atoms with E-state index < -0.39 is 17.2 Å². The molecule has 0 bridgehead atoms. The van der Waals surface area contributed by atoms with Gasteiger partial charge in [0.15, 0.2) is 0 Å². The fraction of sp³-hybridized carbons (Fsp3) is 0.160. The summed E-state index contributed by atoms with van der Waals surface area (Å²) in [6.45, 7) is 0.434. The van der Waals surface area contributed by atoms with Gasteiger partial charge < -0.3 is 10.4 Å². The highest BCUT2D eigenvalue weighted by atomic mass is 16.4. The van der Waals surface area contributed by atoms with Crippen LogP contribution in [0.5, 0.6) is 0 Å². The molecule has 0 spiro atoms. The third kappa shape index (κ3) is 4.63. The lowest BCUT2D eigenvalue weighted by molar-refractivity contribution is 0.0696. The van der Waals surface area contributed by atoms with E-state index in [-0.39, 0.29) is 23.4 Å². The predicted molar refractivity (Wildman–Crippen MR) is 126 cm³/mol. The molecule has 0 aliphatic carbocycles. The number of carbonyl (C=O) groups excluding carboxylic acids is 1. The van der Waals surface area contributed by atoms with E-state index in [4.69, 9.17) is 5.11 Å². The van der Waals surface area contributed by atoms with Gasteiger partial charge in [-0.3, -0.25) is 23.7 Å². The molecule has 0 aliphatic rings. The number of amides is 1.